The summed E-state index contributed by atoms with van der Waals surface area (Å²) in [6.07, 6.45) is 9.19. The van der Waals surface area contributed by atoms with Crippen molar-refractivity contribution >= 4 is 0 Å². The van der Waals surface area contributed by atoms with Crippen molar-refractivity contribution in [2.24, 2.45) is 52.3 Å². The first kappa shape index (κ1) is 24.0. The number of fused-ring (bicyclic) bond motifs is 5. The summed E-state index contributed by atoms with van der Waals surface area (Å²) in [5.74, 6) is 3.29. The number of aliphatic hydroxyl groups excluding tert-OH is 4. The highest BCUT2D eigenvalue weighted by molar-refractivity contribution is 5.13. The van der Waals surface area contributed by atoms with Gasteiger partial charge in [0.15, 0.2) is 0 Å². The minimum atomic E-state index is -0.680. The Morgan fingerprint density at radius 1 is 0.806 bits per heavy atom. The highest BCUT2D eigenvalue weighted by atomic mass is 16.3. The Bertz CT molecular complexity index is 624. The molecule has 4 N–H and O–H groups in total. The van der Waals surface area contributed by atoms with Crippen molar-refractivity contribution in [1.29, 1.82) is 0 Å². The molecule has 4 aliphatic carbocycles. The Morgan fingerprint density at radius 3 is 2.19 bits per heavy atom. The molecule has 0 amide bonds. The summed E-state index contributed by atoms with van der Waals surface area (Å²) in [7, 11) is 0. The van der Waals surface area contributed by atoms with Crippen LogP contribution in [0.15, 0.2) is 0 Å². The molecule has 12 atom stereocenters. The van der Waals surface area contributed by atoms with E-state index >= 15 is 0 Å². The molecular formula is C27H48O4. The molecule has 4 aliphatic rings. The van der Waals surface area contributed by atoms with Crippen molar-refractivity contribution in [2.45, 2.75) is 110 Å². The van der Waals surface area contributed by atoms with Gasteiger partial charge in [-0.2, -0.15) is 0 Å². The van der Waals surface area contributed by atoms with E-state index in [-0.39, 0.29) is 17.4 Å². The van der Waals surface area contributed by atoms with Crippen molar-refractivity contribution in [1.82, 2.24) is 0 Å². The van der Waals surface area contributed by atoms with Crippen LogP contribution >= 0.6 is 0 Å². The first-order valence-corrected chi connectivity index (χ1v) is 13.3. The van der Waals surface area contributed by atoms with Crippen molar-refractivity contribution in [3.63, 3.8) is 0 Å². The van der Waals surface area contributed by atoms with Gasteiger partial charge in [-0.15, -0.1) is 0 Å². The zero-order valence-corrected chi connectivity index (χ0v) is 20.3. The Labute approximate surface area is 189 Å². The van der Waals surface area contributed by atoms with Crippen LogP contribution in [-0.4, -0.2) is 45.3 Å². The summed E-state index contributed by atoms with van der Waals surface area (Å²) < 4.78 is 0. The molecule has 4 heteroatoms. The van der Waals surface area contributed by atoms with Crippen LogP contribution in [0.4, 0.5) is 0 Å². The van der Waals surface area contributed by atoms with Crippen LogP contribution in [0.3, 0.4) is 0 Å². The largest absolute Gasteiger partial charge is 0.396 e. The lowest BCUT2D eigenvalue weighted by Gasteiger charge is -2.63. The van der Waals surface area contributed by atoms with Crippen LogP contribution in [0.1, 0.15) is 91.9 Å². The molecule has 4 rings (SSSR count). The molecule has 0 heterocycles. The summed E-state index contributed by atoms with van der Waals surface area (Å²) in [6.45, 7) is 9.76. The summed E-state index contributed by atoms with van der Waals surface area (Å²) in [5.41, 5.74) is 0.369. The topological polar surface area (TPSA) is 80.9 Å². The van der Waals surface area contributed by atoms with E-state index in [2.05, 4.69) is 27.7 Å². The van der Waals surface area contributed by atoms with Crippen molar-refractivity contribution < 1.29 is 20.4 Å². The Balaban J connectivity index is 1.49. The van der Waals surface area contributed by atoms with Crippen molar-refractivity contribution in [3.8, 4) is 0 Å². The second kappa shape index (κ2) is 8.89. The second-order valence-corrected chi connectivity index (χ2v) is 12.7. The third-order valence-corrected chi connectivity index (χ3v) is 11.2. The predicted molar refractivity (Wildman–Crippen MR) is 123 cm³/mol. The SMILES string of the molecule is C[C@H](CO)CCC[C@@H](C)[C@H]1CC[C@H]2[C@H]3[C@H](O)C[C@H]4[C@@H](O)[C@H](O)CC[C@]4(C)[C@H]3CC[C@]12C. The number of rotatable bonds is 6. The number of aliphatic hydroxyl groups is 4. The molecule has 0 bridgehead atoms. The molecule has 0 saturated heterocycles. The van der Waals surface area contributed by atoms with Gasteiger partial charge in [0, 0.05) is 6.61 Å². The molecule has 0 aromatic carbocycles. The highest BCUT2D eigenvalue weighted by Gasteiger charge is 2.64. The fraction of sp³-hybridized carbons (Fsp3) is 1.00. The van der Waals surface area contributed by atoms with E-state index in [9.17, 15) is 20.4 Å². The van der Waals surface area contributed by atoms with Crippen LogP contribution in [0.25, 0.3) is 0 Å². The number of hydrogen-bond donors (Lipinski definition) is 4. The van der Waals surface area contributed by atoms with Crippen LogP contribution in [-0.2, 0) is 0 Å². The molecule has 0 aromatic rings. The van der Waals surface area contributed by atoms with E-state index in [0.717, 1.165) is 25.2 Å². The van der Waals surface area contributed by atoms with Gasteiger partial charge in [0.1, 0.15) is 0 Å². The van der Waals surface area contributed by atoms with Gasteiger partial charge in [-0.3, -0.25) is 0 Å². The Kier molecular flexibility index (Phi) is 6.88. The molecule has 0 aliphatic heterocycles. The highest BCUT2D eigenvalue weighted by Crippen LogP contribution is 2.68. The van der Waals surface area contributed by atoms with E-state index in [1.165, 1.54) is 32.1 Å². The lowest BCUT2D eigenvalue weighted by Crippen LogP contribution is -2.62. The molecule has 4 saturated carbocycles. The molecule has 31 heavy (non-hydrogen) atoms. The van der Waals surface area contributed by atoms with Gasteiger partial charge in [-0.05, 0) is 104 Å². The molecule has 4 fully saturated rings. The van der Waals surface area contributed by atoms with Crippen LogP contribution in [0.5, 0.6) is 0 Å². The molecule has 0 aromatic heterocycles. The lowest BCUT2D eigenvalue weighted by atomic mass is 9.43. The quantitative estimate of drug-likeness (QED) is 0.498. The normalized spacial score (nSPS) is 51.5. The smallest absolute Gasteiger partial charge is 0.0833 e. The average molecular weight is 437 g/mol. The lowest BCUT2D eigenvalue weighted by molar-refractivity contribution is -0.206. The first-order chi connectivity index (χ1) is 14.6. The zero-order valence-electron chi connectivity index (χ0n) is 20.3. The molecule has 0 radical (unpaired) electrons. The Hall–Kier alpha value is -0.160. The summed E-state index contributed by atoms with van der Waals surface area (Å²) in [6, 6.07) is 0. The van der Waals surface area contributed by atoms with E-state index in [1.807, 2.05) is 0 Å². The van der Waals surface area contributed by atoms with Crippen LogP contribution in [0, 0.1) is 52.3 Å². The Morgan fingerprint density at radius 2 is 1.48 bits per heavy atom. The third-order valence-electron chi connectivity index (χ3n) is 11.2. The first-order valence-electron chi connectivity index (χ1n) is 13.3. The average Bonchev–Trinajstić information content (AvgIpc) is 3.09. The van der Waals surface area contributed by atoms with E-state index in [0.29, 0.717) is 54.5 Å². The maximum absolute atomic E-state index is 11.4. The molecular weight excluding hydrogens is 388 g/mol. The summed E-state index contributed by atoms with van der Waals surface area (Å²) in [4.78, 5) is 0. The summed E-state index contributed by atoms with van der Waals surface area (Å²) in [5, 5.41) is 41.7. The van der Waals surface area contributed by atoms with Crippen LogP contribution < -0.4 is 0 Å². The van der Waals surface area contributed by atoms with Crippen LogP contribution in [0.2, 0.25) is 0 Å². The maximum Gasteiger partial charge on any atom is 0.0833 e. The van der Waals surface area contributed by atoms with E-state index in [4.69, 9.17) is 0 Å². The third kappa shape index (κ3) is 3.92. The molecule has 180 valence electrons. The minimum absolute atomic E-state index is 0.0292. The van der Waals surface area contributed by atoms with Gasteiger partial charge in [0.05, 0.1) is 18.3 Å². The van der Waals surface area contributed by atoms with Gasteiger partial charge in [0.2, 0.25) is 0 Å². The van der Waals surface area contributed by atoms with Gasteiger partial charge in [0.25, 0.3) is 0 Å². The zero-order chi connectivity index (χ0) is 22.6. The minimum Gasteiger partial charge on any atom is -0.396 e. The van der Waals surface area contributed by atoms with Gasteiger partial charge in [-0.1, -0.05) is 40.5 Å². The summed E-state index contributed by atoms with van der Waals surface area (Å²) >= 11 is 0. The monoisotopic (exact) mass is 436 g/mol. The maximum atomic E-state index is 11.4. The van der Waals surface area contributed by atoms with Crippen molar-refractivity contribution in [3.05, 3.63) is 0 Å². The molecule has 0 unspecified atom stereocenters. The predicted octanol–water partition coefficient (Wildman–Crippen LogP) is 4.38. The van der Waals surface area contributed by atoms with Gasteiger partial charge < -0.3 is 20.4 Å². The molecule has 0 spiro atoms. The van der Waals surface area contributed by atoms with Crippen molar-refractivity contribution in [2.75, 3.05) is 6.61 Å². The van der Waals surface area contributed by atoms with Gasteiger partial charge in [-0.25, -0.2) is 0 Å². The molecule has 4 nitrogen and oxygen atoms in total. The fourth-order valence-electron chi connectivity index (χ4n) is 9.32. The second-order valence-electron chi connectivity index (χ2n) is 12.7. The van der Waals surface area contributed by atoms with Gasteiger partial charge >= 0.3 is 0 Å². The standard InChI is InChI=1S/C27H48O4/c1-16(15-28)6-5-7-17(2)18-8-9-19-24-20(10-12-26(18,19)3)27(4)13-11-22(29)25(31)21(27)14-23(24)30/h16-25,28-31H,5-15H2,1-4H3/t16-,17+,18+,19-,20-,21-,22+,23+,24+,25+,26+,27+/m0/s1. The fourth-order valence-corrected chi connectivity index (χ4v) is 9.32. The number of hydrogen-bond acceptors (Lipinski definition) is 4. The van der Waals surface area contributed by atoms with E-state index < -0.39 is 12.2 Å². The van der Waals surface area contributed by atoms with E-state index in [1.54, 1.807) is 0 Å².